The Hall–Kier alpha value is -1.87. The Morgan fingerprint density at radius 3 is 3.12 bits per heavy atom. The number of nitrogens with one attached hydrogen (secondary N) is 1. The smallest absolute Gasteiger partial charge is 0.339 e. The Morgan fingerprint density at radius 2 is 2.38 bits per heavy atom. The van der Waals surface area contributed by atoms with Crippen LogP contribution in [0.4, 0.5) is 0 Å². The van der Waals surface area contributed by atoms with Crippen LogP contribution in [0, 0.1) is 12.3 Å². The maximum atomic E-state index is 11.5. The molecule has 0 aliphatic carbocycles. The second-order valence-corrected chi connectivity index (χ2v) is 3.78. The first-order valence-electron chi connectivity index (χ1n) is 4.33. The number of esters is 1. The zero-order valence-electron chi connectivity index (χ0n) is 8.03. The summed E-state index contributed by atoms with van der Waals surface area (Å²) in [5, 5.41) is 10.3. The van der Waals surface area contributed by atoms with E-state index in [0.717, 1.165) is 0 Å². The molecule has 0 radical (unpaired) electrons. The number of terminal acetylenes is 1. The van der Waals surface area contributed by atoms with E-state index in [-0.39, 0.29) is 6.61 Å². The lowest BCUT2D eigenvalue weighted by molar-refractivity contribution is 0.0557. The van der Waals surface area contributed by atoms with Gasteiger partial charge in [0.05, 0.1) is 5.56 Å². The van der Waals surface area contributed by atoms with Crippen molar-refractivity contribution in [3.63, 3.8) is 0 Å². The number of halogens is 1. The van der Waals surface area contributed by atoms with Crippen LogP contribution in [0.5, 0.6) is 0 Å². The Morgan fingerprint density at radius 1 is 1.56 bits per heavy atom. The Labute approximate surface area is 99.3 Å². The van der Waals surface area contributed by atoms with E-state index >= 15 is 0 Å². The normalized spacial score (nSPS) is 10.0. The Bertz CT molecular complexity index is 585. The van der Waals surface area contributed by atoms with Gasteiger partial charge in [-0.2, -0.15) is 15.4 Å². The zero-order chi connectivity index (χ0) is 11.5. The second kappa shape index (κ2) is 4.33. The third kappa shape index (κ3) is 1.90. The number of ether oxygens (including phenoxy) is 1. The molecule has 5 nitrogen and oxygen atoms in total. The van der Waals surface area contributed by atoms with Crippen molar-refractivity contribution in [3.05, 3.63) is 22.2 Å². The average molecular weight is 280 g/mol. The van der Waals surface area contributed by atoms with Gasteiger partial charge in [-0.25, -0.2) is 4.79 Å². The lowest BCUT2D eigenvalue weighted by Crippen LogP contribution is -2.05. The van der Waals surface area contributed by atoms with Crippen LogP contribution in [0.25, 0.3) is 11.0 Å². The number of aromatic amines is 1. The number of aromatic nitrogens is 3. The summed E-state index contributed by atoms with van der Waals surface area (Å²) in [7, 11) is 0. The van der Waals surface area contributed by atoms with Crippen LogP contribution in [0.15, 0.2) is 16.6 Å². The molecule has 0 fully saturated rings. The van der Waals surface area contributed by atoms with Gasteiger partial charge in [0, 0.05) is 4.47 Å². The molecule has 2 rings (SSSR count). The molecule has 1 aromatic heterocycles. The van der Waals surface area contributed by atoms with E-state index in [2.05, 4.69) is 37.3 Å². The van der Waals surface area contributed by atoms with E-state index in [0.29, 0.717) is 21.1 Å². The van der Waals surface area contributed by atoms with Gasteiger partial charge in [0.1, 0.15) is 11.0 Å². The highest BCUT2D eigenvalue weighted by Crippen LogP contribution is 2.22. The first-order valence-corrected chi connectivity index (χ1v) is 5.12. The SMILES string of the molecule is C#CCOC(=O)c1cc(Br)c2n[nH]nc2c1. The van der Waals surface area contributed by atoms with E-state index < -0.39 is 5.97 Å². The summed E-state index contributed by atoms with van der Waals surface area (Å²) in [5.74, 6) is 1.74. The number of nitrogens with zero attached hydrogens (tertiary/aromatic N) is 2. The molecule has 0 saturated carbocycles. The van der Waals surface area contributed by atoms with Crippen LogP contribution in [-0.2, 0) is 4.74 Å². The first-order chi connectivity index (χ1) is 7.72. The highest BCUT2D eigenvalue weighted by Gasteiger charge is 2.12. The number of carbonyl (C=O) groups excluding carboxylic acids is 1. The fourth-order valence-electron chi connectivity index (χ4n) is 1.22. The summed E-state index contributed by atoms with van der Waals surface area (Å²) in [6.45, 7) is -0.0483. The molecular weight excluding hydrogens is 274 g/mol. The predicted molar refractivity (Wildman–Crippen MR) is 60.7 cm³/mol. The van der Waals surface area contributed by atoms with Crippen LogP contribution in [0.2, 0.25) is 0 Å². The van der Waals surface area contributed by atoms with Crippen molar-refractivity contribution in [2.75, 3.05) is 6.61 Å². The average Bonchev–Trinajstić information content (AvgIpc) is 2.74. The topological polar surface area (TPSA) is 67.9 Å². The lowest BCUT2D eigenvalue weighted by Gasteiger charge is -2.01. The van der Waals surface area contributed by atoms with Crippen molar-refractivity contribution in [3.8, 4) is 12.3 Å². The quantitative estimate of drug-likeness (QED) is 0.668. The molecule has 1 aromatic carbocycles. The summed E-state index contributed by atoms with van der Waals surface area (Å²) in [5.41, 5.74) is 1.62. The molecule has 2 aromatic rings. The maximum absolute atomic E-state index is 11.5. The Kier molecular flexibility index (Phi) is 2.88. The van der Waals surface area contributed by atoms with E-state index in [1.54, 1.807) is 12.1 Å². The van der Waals surface area contributed by atoms with Gasteiger partial charge in [-0.3, -0.25) is 0 Å². The summed E-state index contributed by atoms with van der Waals surface area (Å²) in [4.78, 5) is 11.5. The van der Waals surface area contributed by atoms with Gasteiger partial charge in [0.2, 0.25) is 0 Å². The van der Waals surface area contributed by atoms with Crippen molar-refractivity contribution in [2.24, 2.45) is 0 Å². The van der Waals surface area contributed by atoms with E-state index in [9.17, 15) is 4.79 Å². The Balaban J connectivity index is 2.38. The minimum Gasteiger partial charge on any atom is -0.449 e. The van der Waals surface area contributed by atoms with Crippen molar-refractivity contribution in [1.29, 1.82) is 0 Å². The predicted octanol–water partition coefficient (Wildman–Crippen LogP) is 1.51. The minimum atomic E-state index is -0.483. The fraction of sp³-hybridized carbons (Fsp3) is 0.100. The maximum Gasteiger partial charge on any atom is 0.339 e. The van der Waals surface area contributed by atoms with Crippen molar-refractivity contribution < 1.29 is 9.53 Å². The fourth-order valence-corrected chi connectivity index (χ4v) is 1.76. The van der Waals surface area contributed by atoms with Crippen LogP contribution in [0.3, 0.4) is 0 Å². The highest BCUT2D eigenvalue weighted by atomic mass is 79.9. The monoisotopic (exact) mass is 279 g/mol. The molecule has 0 aliphatic heterocycles. The van der Waals surface area contributed by atoms with Crippen LogP contribution in [-0.4, -0.2) is 28.0 Å². The molecule has 0 amide bonds. The molecule has 80 valence electrons. The molecule has 0 unspecified atom stereocenters. The molecule has 16 heavy (non-hydrogen) atoms. The molecule has 0 atom stereocenters. The largest absolute Gasteiger partial charge is 0.449 e. The van der Waals surface area contributed by atoms with Gasteiger partial charge in [0.15, 0.2) is 6.61 Å². The molecule has 0 saturated heterocycles. The summed E-state index contributed by atoms with van der Waals surface area (Å²) >= 11 is 3.29. The number of carbonyl (C=O) groups is 1. The van der Waals surface area contributed by atoms with Crippen molar-refractivity contribution in [2.45, 2.75) is 0 Å². The van der Waals surface area contributed by atoms with Crippen molar-refractivity contribution >= 4 is 32.9 Å². The van der Waals surface area contributed by atoms with Gasteiger partial charge in [-0.15, -0.1) is 6.42 Å². The standard InChI is InChI=1S/C10H6BrN3O2/c1-2-3-16-10(15)6-4-7(11)9-8(5-6)12-14-13-9/h1,4-5H,3H2,(H,12,13,14). The minimum absolute atomic E-state index is 0.0483. The number of rotatable bonds is 2. The van der Waals surface area contributed by atoms with Gasteiger partial charge >= 0.3 is 5.97 Å². The number of benzene rings is 1. The highest BCUT2D eigenvalue weighted by molar-refractivity contribution is 9.10. The first kappa shape index (κ1) is 10.6. The van der Waals surface area contributed by atoms with Gasteiger partial charge < -0.3 is 4.74 Å². The van der Waals surface area contributed by atoms with E-state index in [1.807, 2.05) is 0 Å². The molecule has 0 aliphatic rings. The molecule has 1 heterocycles. The third-order valence-corrected chi connectivity index (χ3v) is 2.50. The molecule has 1 N–H and O–H groups in total. The lowest BCUT2D eigenvalue weighted by atomic mass is 10.2. The van der Waals surface area contributed by atoms with Crippen LogP contribution < -0.4 is 0 Å². The molecule has 0 bridgehead atoms. The third-order valence-electron chi connectivity index (χ3n) is 1.90. The second-order valence-electron chi connectivity index (χ2n) is 2.93. The molecule has 0 spiro atoms. The van der Waals surface area contributed by atoms with Gasteiger partial charge in [-0.05, 0) is 28.1 Å². The molecular formula is C10H6BrN3O2. The van der Waals surface area contributed by atoms with Crippen LogP contribution in [0.1, 0.15) is 10.4 Å². The summed E-state index contributed by atoms with van der Waals surface area (Å²) in [6.07, 6.45) is 4.99. The number of fused-ring (bicyclic) bond motifs is 1. The van der Waals surface area contributed by atoms with Crippen LogP contribution >= 0.6 is 15.9 Å². The number of hydrogen-bond acceptors (Lipinski definition) is 4. The van der Waals surface area contributed by atoms with Gasteiger partial charge in [-0.1, -0.05) is 5.92 Å². The summed E-state index contributed by atoms with van der Waals surface area (Å²) < 4.78 is 5.48. The summed E-state index contributed by atoms with van der Waals surface area (Å²) in [6, 6.07) is 3.20. The van der Waals surface area contributed by atoms with E-state index in [4.69, 9.17) is 11.2 Å². The van der Waals surface area contributed by atoms with Gasteiger partial charge in [0.25, 0.3) is 0 Å². The zero-order valence-corrected chi connectivity index (χ0v) is 9.61. The van der Waals surface area contributed by atoms with Crippen molar-refractivity contribution in [1.82, 2.24) is 15.4 Å². The van der Waals surface area contributed by atoms with E-state index in [1.165, 1.54) is 0 Å². The number of H-pyrrole nitrogens is 1. The molecule has 6 heteroatoms. The number of hydrogen-bond donors (Lipinski definition) is 1.